The number of aromatic amines is 1. The zero-order chi connectivity index (χ0) is 8.55. The second-order valence-electron chi connectivity index (χ2n) is 2.55. The molecule has 1 aromatic carbocycles. The van der Waals surface area contributed by atoms with Crippen LogP contribution in [0.5, 0.6) is 5.75 Å². The number of phenolic OH excluding ortho intramolecular Hbond substituents is 1. The van der Waals surface area contributed by atoms with E-state index in [4.69, 9.17) is 0 Å². The number of phenols is 1. The molecule has 0 aliphatic heterocycles. The van der Waals surface area contributed by atoms with E-state index >= 15 is 0 Å². The monoisotopic (exact) mass is 163 g/mol. The molecule has 0 radical (unpaired) electrons. The van der Waals surface area contributed by atoms with Crippen molar-refractivity contribution < 1.29 is 5.11 Å². The lowest BCUT2D eigenvalue weighted by Crippen LogP contribution is -1.87. The second kappa shape index (κ2) is 2.41. The molecule has 2 rings (SSSR count). The molecule has 0 aliphatic rings. The maximum absolute atomic E-state index is 9.20. The van der Waals surface area contributed by atoms with Crippen LogP contribution in [0.15, 0.2) is 18.2 Å². The average molecular weight is 163 g/mol. The number of H-pyrrole nitrogens is 1. The number of hydrogen-bond donors (Lipinski definition) is 3. The molecule has 0 saturated heterocycles. The maximum Gasteiger partial charge on any atom is 0.155 e. The average Bonchev–Trinajstić information content (AvgIpc) is 2.46. The lowest BCUT2D eigenvalue weighted by molar-refractivity contribution is 0.476. The van der Waals surface area contributed by atoms with E-state index in [0.29, 0.717) is 0 Å². The topological polar surface area (TPSA) is 60.9 Å². The first kappa shape index (κ1) is 6.97. The summed E-state index contributed by atoms with van der Waals surface area (Å²) < 4.78 is 0. The minimum Gasteiger partial charge on any atom is -0.508 e. The van der Waals surface area contributed by atoms with Crippen LogP contribution in [-0.4, -0.2) is 22.4 Å². The molecule has 0 spiro atoms. The van der Waals surface area contributed by atoms with E-state index in [1.807, 2.05) is 0 Å². The smallest absolute Gasteiger partial charge is 0.155 e. The summed E-state index contributed by atoms with van der Waals surface area (Å²) in [6.07, 6.45) is 0. The minimum atomic E-state index is 0.250. The number of aromatic hydroxyl groups is 1. The molecule has 4 nitrogen and oxygen atoms in total. The van der Waals surface area contributed by atoms with Crippen LogP contribution >= 0.6 is 0 Å². The summed E-state index contributed by atoms with van der Waals surface area (Å²) in [5.41, 5.74) is 0.914. The van der Waals surface area contributed by atoms with E-state index in [-0.39, 0.29) is 5.75 Å². The summed E-state index contributed by atoms with van der Waals surface area (Å²) >= 11 is 0. The van der Waals surface area contributed by atoms with Gasteiger partial charge in [0.25, 0.3) is 0 Å². The number of hydrogen-bond acceptors (Lipinski definition) is 3. The number of rotatable bonds is 1. The van der Waals surface area contributed by atoms with Crippen molar-refractivity contribution in [2.24, 2.45) is 0 Å². The number of aromatic nitrogens is 2. The Kier molecular flexibility index (Phi) is 1.40. The minimum absolute atomic E-state index is 0.250. The first-order valence-corrected chi connectivity index (χ1v) is 3.66. The highest BCUT2D eigenvalue weighted by Gasteiger charge is 2.02. The highest BCUT2D eigenvalue weighted by Crippen LogP contribution is 2.23. The van der Waals surface area contributed by atoms with Crippen molar-refractivity contribution in [2.45, 2.75) is 0 Å². The summed E-state index contributed by atoms with van der Waals surface area (Å²) in [5.74, 6) is 1.00. The van der Waals surface area contributed by atoms with Gasteiger partial charge in [0, 0.05) is 12.4 Å². The fraction of sp³-hybridized carbons (Fsp3) is 0.125. The summed E-state index contributed by atoms with van der Waals surface area (Å²) in [7, 11) is 1.79. The van der Waals surface area contributed by atoms with Crippen molar-refractivity contribution in [3.63, 3.8) is 0 Å². The van der Waals surface area contributed by atoms with Crippen LogP contribution in [0.4, 0.5) is 5.82 Å². The molecule has 2 aromatic rings. The van der Waals surface area contributed by atoms with Gasteiger partial charge in [-0.3, -0.25) is 5.10 Å². The molecule has 62 valence electrons. The van der Waals surface area contributed by atoms with E-state index in [2.05, 4.69) is 15.5 Å². The molecular weight excluding hydrogens is 154 g/mol. The predicted octanol–water partition coefficient (Wildman–Crippen LogP) is 1.31. The number of nitrogens with one attached hydrogen (secondary N) is 2. The van der Waals surface area contributed by atoms with E-state index in [0.717, 1.165) is 16.7 Å². The van der Waals surface area contributed by atoms with Crippen LogP contribution in [0, 0.1) is 0 Å². The first-order valence-electron chi connectivity index (χ1n) is 3.66. The largest absolute Gasteiger partial charge is 0.508 e. The zero-order valence-electron chi connectivity index (χ0n) is 6.63. The van der Waals surface area contributed by atoms with Gasteiger partial charge in [0.1, 0.15) is 5.75 Å². The van der Waals surface area contributed by atoms with Gasteiger partial charge in [0.2, 0.25) is 0 Å². The van der Waals surface area contributed by atoms with Crippen LogP contribution in [0.1, 0.15) is 0 Å². The van der Waals surface area contributed by atoms with Crippen molar-refractivity contribution in [2.75, 3.05) is 12.4 Å². The van der Waals surface area contributed by atoms with Crippen LogP contribution in [0.3, 0.4) is 0 Å². The third kappa shape index (κ3) is 0.887. The van der Waals surface area contributed by atoms with Crippen molar-refractivity contribution >= 4 is 16.7 Å². The molecule has 3 N–H and O–H groups in total. The van der Waals surface area contributed by atoms with Crippen LogP contribution in [-0.2, 0) is 0 Å². The Hall–Kier alpha value is -1.71. The Bertz CT molecular complexity index is 408. The third-order valence-corrected chi connectivity index (χ3v) is 1.78. The highest BCUT2D eigenvalue weighted by molar-refractivity contribution is 5.90. The standard InChI is InChI=1S/C8H9N3O/c1-9-8-6-4-5(12)2-3-7(6)10-11-8/h2-4,12H,1H3,(H2,9,10,11). The molecule has 0 atom stereocenters. The molecular formula is C8H9N3O. The van der Waals surface area contributed by atoms with Crippen LogP contribution in [0.2, 0.25) is 0 Å². The van der Waals surface area contributed by atoms with Crippen molar-refractivity contribution in [1.29, 1.82) is 0 Å². The molecule has 0 saturated carbocycles. The number of anilines is 1. The zero-order valence-corrected chi connectivity index (χ0v) is 6.63. The van der Waals surface area contributed by atoms with Crippen molar-refractivity contribution in [1.82, 2.24) is 10.2 Å². The van der Waals surface area contributed by atoms with E-state index < -0.39 is 0 Å². The van der Waals surface area contributed by atoms with Gasteiger partial charge in [-0.1, -0.05) is 0 Å². The fourth-order valence-electron chi connectivity index (χ4n) is 1.19. The van der Waals surface area contributed by atoms with Gasteiger partial charge in [-0.15, -0.1) is 0 Å². The Morgan fingerprint density at radius 1 is 1.50 bits per heavy atom. The van der Waals surface area contributed by atoms with Gasteiger partial charge < -0.3 is 10.4 Å². The Balaban J connectivity index is 2.75. The molecule has 0 amide bonds. The van der Waals surface area contributed by atoms with Gasteiger partial charge in [-0.25, -0.2) is 0 Å². The van der Waals surface area contributed by atoms with Gasteiger partial charge in [0.05, 0.1) is 5.52 Å². The Morgan fingerprint density at radius 3 is 3.08 bits per heavy atom. The SMILES string of the molecule is CNc1n[nH]c2ccc(O)cc12. The van der Waals surface area contributed by atoms with E-state index in [9.17, 15) is 5.11 Å². The second-order valence-corrected chi connectivity index (χ2v) is 2.55. The van der Waals surface area contributed by atoms with Crippen LogP contribution < -0.4 is 5.32 Å². The molecule has 0 fully saturated rings. The third-order valence-electron chi connectivity index (χ3n) is 1.78. The summed E-state index contributed by atoms with van der Waals surface area (Å²) in [5, 5.41) is 19.9. The summed E-state index contributed by atoms with van der Waals surface area (Å²) in [6.45, 7) is 0. The maximum atomic E-state index is 9.20. The van der Waals surface area contributed by atoms with Gasteiger partial charge in [0.15, 0.2) is 5.82 Å². The lowest BCUT2D eigenvalue weighted by Gasteiger charge is -1.94. The quantitative estimate of drug-likeness (QED) is 0.594. The fourth-order valence-corrected chi connectivity index (χ4v) is 1.19. The van der Waals surface area contributed by atoms with Crippen LogP contribution in [0.25, 0.3) is 10.9 Å². The summed E-state index contributed by atoms with van der Waals surface area (Å²) in [4.78, 5) is 0. The molecule has 0 unspecified atom stereocenters. The predicted molar refractivity (Wildman–Crippen MR) is 47.3 cm³/mol. The normalized spacial score (nSPS) is 10.4. The Morgan fingerprint density at radius 2 is 2.33 bits per heavy atom. The van der Waals surface area contributed by atoms with E-state index in [1.165, 1.54) is 0 Å². The molecule has 0 bridgehead atoms. The lowest BCUT2D eigenvalue weighted by atomic mass is 10.2. The van der Waals surface area contributed by atoms with Crippen molar-refractivity contribution in [3.8, 4) is 5.75 Å². The molecule has 4 heteroatoms. The number of fused-ring (bicyclic) bond motifs is 1. The van der Waals surface area contributed by atoms with Gasteiger partial charge >= 0.3 is 0 Å². The molecule has 12 heavy (non-hydrogen) atoms. The molecule has 1 aromatic heterocycles. The Labute approximate surface area is 69.2 Å². The summed E-state index contributed by atoms with van der Waals surface area (Å²) in [6, 6.07) is 5.09. The first-order chi connectivity index (χ1) is 5.81. The van der Waals surface area contributed by atoms with Crippen molar-refractivity contribution in [3.05, 3.63) is 18.2 Å². The molecule has 0 aliphatic carbocycles. The number of benzene rings is 1. The molecule has 1 heterocycles. The van der Waals surface area contributed by atoms with Gasteiger partial charge in [-0.2, -0.15) is 5.10 Å². The number of nitrogens with zero attached hydrogens (tertiary/aromatic N) is 1. The van der Waals surface area contributed by atoms with Gasteiger partial charge in [-0.05, 0) is 18.2 Å². The van der Waals surface area contributed by atoms with E-state index in [1.54, 1.807) is 25.2 Å². The highest BCUT2D eigenvalue weighted by atomic mass is 16.3.